The van der Waals surface area contributed by atoms with Crippen LogP contribution in [-0.4, -0.2) is 28.6 Å². The van der Waals surface area contributed by atoms with Gasteiger partial charge < -0.3 is 9.84 Å². The Morgan fingerprint density at radius 3 is 2.46 bits per heavy atom. The molecule has 0 aliphatic carbocycles. The fraction of sp³-hybridized carbons (Fsp3) is 0.190. The van der Waals surface area contributed by atoms with Crippen LogP contribution in [0.3, 0.4) is 0 Å². The van der Waals surface area contributed by atoms with Crippen molar-refractivity contribution < 1.29 is 19.4 Å². The van der Waals surface area contributed by atoms with Gasteiger partial charge in [-0.15, -0.1) is 11.3 Å². The maximum Gasteiger partial charge on any atom is 0.344 e. The Labute approximate surface area is 171 Å². The first kappa shape index (κ1) is 20.1. The summed E-state index contributed by atoms with van der Waals surface area (Å²) < 4.78 is 5.05. The normalized spacial score (nSPS) is 16.8. The highest BCUT2D eigenvalue weighted by Crippen LogP contribution is 2.40. The molecule has 0 bridgehead atoms. The van der Waals surface area contributed by atoms with E-state index in [1.54, 1.807) is 36.5 Å². The number of benzene rings is 1. The summed E-state index contributed by atoms with van der Waals surface area (Å²) in [4.78, 5) is 31.5. The van der Waals surface area contributed by atoms with Gasteiger partial charge in [-0.2, -0.15) is 0 Å². The molecule has 7 heteroatoms. The number of hydrogen-bond acceptors (Lipinski definition) is 6. The highest BCUT2D eigenvalue weighted by atomic mass is 32.2. The Bertz CT molecular complexity index is 1010. The molecule has 0 spiro atoms. The molecule has 0 saturated carbocycles. The quantitative estimate of drug-likeness (QED) is 0.709. The average Bonchev–Trinajstić information content (AvgIpc) is 3.19. The summed E-state index contributed by atoms with van der Waals surface area (Å²) in [6, 6.07) is 10.9. The first-order valence-corrected chi connectivity index (χ1v) is 10.3. The molecule has 28 heavy (non-hydrogen) atoms. The molecule has 0 fully saturated rings. The maximum atomic E-state index is 12.5. The number of nitrogens with zero attached hydrogens (tertiary/aromatic N) is 1. The van der Waals surface area contributed by atoms with E-state index in [4.69, 9.17) is 4.74 Å². The third-order valence-corrected chi connectivity index (χ3v) is 5.87. The largest absolute Gasteiger partial charge is 0.506 e. The second-order valence-corrected chi connectivity index (χ2v) is 8.44. The van der Waals surface area contributed by atoms with Crippen LogP contribution in [0.15, 0.2) is 57.6 Å². The second kappa shape index (κ2) is 8.58. The van der Waals surface area contributed by atoms with Crippen LogP contribution in [0.1, 0.15) is 32.6 Å². The van der Waals surface area contributed by atoms with Gasteiger partial charge in [0.05, 0.1) is 11.5 Å². The van der Waals surface area contributed by atoms with Crippen LogP contribution in [-0.2, 0) is 9.53 Å². The number of hydrogen-bond donors (Lipinski definition) is 1. The Morgan fingerprint density at radius 2 is 1.86 bits per heavy atom. The molecule has 3 rings (SSSR count). The third kappa shape index (κ3) is 4.43. The second-order valence-electron chi connectivity index (χ2n) is 6.09. The van der Waals surface area contributed by atoms with Crippen molar-refractivity contribution in [2.24, 2.45) is 4.99 Å². The van der Waals surface area contributed by atoms with Gasteiger partial charge in [0.1, 0.15) is 16.4 Å². The summed E-state index contributed by atoms with van der Waals surface area (Å²) in [6.45, 7) is 5.75. The molecule has 0 atom stereocenters. The number of amides is 1. The number of aliphatic imine (C=N–C) groups is 1. The molecule has 144 valence electrons. The Balaban J connectivity index is 1.99. The van der Waals surface area contributed by atoms with Crippen molar-refractivity contribution in [3.05, 3.63) is 73.5 Å². The first-order valence-electron chi connectivity index (χ1n) is 8.65. The zero-order valence-electron chi connectivity index (χ0n) is 15.7. The van der Waals surface area contributed by atoms with Crippen LogP contribution >= 0.6 is 23.1 Å². The topological polar surface area (TPSA) is 76.0 Å². The highest BCUT2D eigenvalue weighted by Gasteiger charge is 2.34. The molecule has 1 aromatic heterocycles. The van der Waals surface area contributed by atoms with E-state index >= 15 is 0 Å². The van der Waals surface area contributed by atoms with E-state index in [1.165, 1.54) is 0 Å². The maximum absolute atomic E-state index is 12.5. The van der Waals surface area contributed by atoms with Gasteiger partial charge in [-0.25, -0.2) is 9.79 Å². The molecule has 0 radical (unpaired) electrons. The van der Waals surface area contributed by atoms with Crippen LogP contribution in [0.25, 0.3) is 6.08 Å². The van der Waals surface area contributed by atoms with Gasteiger partial charge >= 0.3 is 5.97 Å². The molecular weight excluding hydrogens is 394 g/mol. The molecule has 2 aromatic rings. The number of thiophene rings is 1. The van der Waals surface area contributed by atoms with E-state index in [9.17, 15) is 14.7 Å². The lowest BCUT2D eigenvalue weighted by Crippen LogP contribution is -2.14. The van der Waals surface area contributed by atoms with Gasteiger partial charge in [0, 0.05) is 15.3 Å². The van der Waals surface area contributed by atoms with Gasteiger partial charge in [0.2, 0.25) is 0 Å². The summed E-state index contributed by atoms with van der Waals surface area (Å²) >= 11 is 2.65. The number of aliphatic hydroxyl groups excluding tert-OH is 1. The number of carbonyl (C=O) groups is 2. The fourth-order valence-corrected chi connectivity index (χ4v) is 4.40. The number of carbonyl (C=O) groups excluding carboxylic acids is 2. The van der Waals surface area contributed by atoms with Gasteiger partial charge in [0.25, 0.3) is 5.91 Å². The molecule has 1 aliphatic rings. The zero-order valence-corrected chi connectivity index (χ0v) is 17.3. The number of thioether (sulfide) groups is 1. The summed E-state index contributed by atoms with van der Waals surface area (Å²) in [5, 5.41) is 10.7. The van der Waals surface area contributed by atoms with Gasteiger partial charge in [0.15, 0.2) is 0 Å². The molecule has 2 heterocycles. The lowest BCUT2D eigenvalue weighted by Gasteiger charge is -2.03. The van der Waals surface area contributed by atoms with Crippen LogP contribution in [0.2, 0.25) is 0 Å². The van der Waals surface area contributed by atoms with Crippen molar-refractivity contribution in [3.8, 4) is 0 Å². The lowest BCUT2D eigenvalue weighted by atomic mass is 10.1. The number of aryl methyl sites for hydroxylation is 2. The van der Waals surface area contributed by atoms with Crippen LogP contribution < -0.4 is 0 Å². The Hall–Kier alpha value is -2.64. The Kier molecular flexibility index (Phi) is 6.16. The minimum Gasteiger partial charge on any atom is -0.506 e. The minimum atomic E-state index is -0.700. The van der Waals surface area contributed by atoms with Crippen molar-refractivity contribution in [1.82, 2.24) is 0 Å². The summed E-state index contributed by atoms with van der Waals surface area (Å²) in [6.07, 6.45) is 1.77. The minimum absolute atomic E-state index is 0.0770. The number of rotatable bonds is 4. The van der Waals surface area contributed by atoms with Crippen molar-refractivity contribution in [2.45, 2.75) is 20.8 Å². The number of ether oxygens (including phenoxy) is 1. The monoisotopic (exact) mass is 413 g/mol. The smallest absolute Gasteiger partial charge is 0.344 e. The highest BCUT2D eigenvalue weighted by molar-refractivity contribution is 8.18. The molecule has 0 saturated heterocycles. The average molecular weight is 414 g/mol. The third-order valence-electron chi connectivity index (χ3n) is 3.91. The predicted octanol–water partition coefficient (Wildman–Crippen LogP) is 5.07. The standard InChI is InChI=1S/C21H19NO4S2/c1-4-26-21(25)17-18(23)16(11-15-10-7-13(3)27-15)28-20(17)22-19(24)14-8-5-12(2)6-9-14/h5-11,23H,4H2,1-3H3/b16-11-,22-20?. The molecular formula is C21H19NO4S2. The summed E-state index contributed by atoms with van der Waals surface area (Å²) in [5.74, 6) is -1.40. The molecule has 1 amide bonds. The molecule has 1 N–H and O–H groups in total. The van der Waals surface area contributed by atoms with Crippen molar-refractivity contribution >= 4 is 46.1 Å². The van der Waals surface area contributed by atoms with Crippen molar-refractivity contribution in [1.29, 1.82) is 0 Å². The van der Waals surface area contributed by atoms with Gasteiger partial charge in [-0.1, -0.05) is 29.5 Å². The van der Waals surface area contributed by atoms with E-state index in [1.807, 2.05) is 38.1 Å². The van der Waals surface area contributed by atoms with E-state index in [-0.39, 0.29) is 23.0 Å². The molecule has 0 unspecified atom stereocenters. The first-order chi connectivity index (χ1) is 13.4. The van der Waals surface area contributed by atoms with E-state index in [2.05, 4.69) is 4.99 Å². The Morgan fingerprint density at radius 1 is 1.14 bits per heavy atom. The lowest BCUT2D eigenvalue weighted by molar-refractivity contribution is -0.138. The summed E-state index contributed by atoms with van der Waals surface area (Å²) in [5.41, 5.74) is 1.36. The van der Waals surface area contributed by atoms with E-state index in [0.29, 0.717) is 10.5 Å². The molecule has 1 aromatic carbocycles. The number of esters is 1. The number of aliphatic hydroxyl groups is 1. The van der Waals surface area contributed by atoms with Crippen LogP contribution in [0.4, 0.5) is 0 Å². The van der Waals surface area contributed by atoms with Gasteiger partial charge in [-0.3, -0.25) is 4.79 Å². The van der Waals surface area contributed by atoms with E-state index in [0.717, 1.165) is 27.1 Å². The molecule has 5 nitrogen and oxygen atoms in total. The molecule has 1 aliphatic heterocycles. The van der Waals surface area contributed by atoms with Crippen molar-refractivity contribution in [2.75, 3.05) is 6.61 Å². The zero-order chi connectivity index (χ0) is 20.3. The summed E-state index contributed by atoms with van der Waals surface area (Å²) in [7, 11) is 0. The van der Waals surface area contributed by atoms with Gasteiger partial charge in [-0.05, 0) is 51.1 Å². The van der Waals surface area contributed by atoms with E-state index < -0.39 is 11.9 Å². The van der Waals surface area contributed by atoms with Crippen LogP contribution in [0.5, 0.6) is 0 Å². The van der Waals surface area contributed by atoms with Crippen molar-refractivity contribution in [3.63, 3.8) is 0 Å². The SMILES string of the molecule is CCOC(=O)C1=C(O)/C(=C/c2ccc(C)s2)SC1=NC(=O)c1ccc(C)cc1. The van der Waals surface area contributed by atoms with Crippen LogP contribution in [0, 0.1) is 13.8 Å². The fourth-order valence-electron chi connectivity index (χ4n) is 2.50. The predicted molar refractivity (Wildman–Crippen MR) is 114 cm³/mol.